The van der Waals surface area contributed by atoms with Crippen LogP contribution in [0.15, 0.2) is 24.3 Å². The quantitative estimate of drug-likeness (QED) is 0.850. The molecule has 16 heavy (non-hydrogen) atoms. The molecule has 1 heterocycles. The molecule has 1 N–H and O–H groups in total. The number of aliphatic carboxylic acids is 1. The summed E-state index contributed by atoms with van der Waals surface area (Å²) in [7, 11) is 0. The minimum atomic E-state index is -1.28. The van der Waals surface area contributed by atoms with Crippen LogP contribution < -0.4 is 4.74 Å². The van der Waals surface area contributed by atoms with Crippen molar-refractivity contribution in [2.75, 3.05) is 0 Å². The number of alkyl halides is 1. The number of carbonyl (C=O) groups is 1. The van der Waals surface area contributed by atoms with Gasteiger partial charge in [0, 0.05) is 5.92 Å². The van der Waals surface area contributed by atoms with Gasteiger partial charge in [-0.15, -0.1) is 0 Å². The van der Waals surface area contributed by atoms with E-state index in [4.69, 9.17) is 4.74 Å². The first-order valence-corrected chi connectivity index (χ1v) is 6.06. The molecule has 1 aromatic carbocycles. The van der Waals surface area contributed by atoms with Gasteiger partial charge in [-0.2, -0.15) is 0 Å². The highest BCUT2D eigenvalue weighted by Crippen LogP contribution is 2.42. The van der Waals surface area contributed by atoms with Gasteiger partial charge in [-0.25, -0.2) is 4.79 Å². The van der Waals surface area contributed by atoms with E-state index in [1.807, 2.05) is 25.1 Å². The molecule has 0 saturated carbocycles. The van der Waals surface area contributed by atoms with E-state index in [1.165, 1.54) is 0 Å². The number of carboxylic acid groups (broad SMARTS) is 1. The summed E-state index contributed by atoms with van der Waals surface area (Å²) >= 11 is 3.23. The molecule has 0 radical (unpaired) electrons. The first-order chi connectivity index (χ1) is 7.58. The average Bonchev–Trinajstić information content (AvgIpc) is 2.27. The second-order valence-corrected chi connectivity index (χ2v) is 5.15. The summed E-state index contributed by atoms with van der Waals surface area (Å²) in [6.45, 7) is 1.97. The number of halogens is 1. The van der Waals surface area contributed by atoms with Gasteiger partial charge in [0.25, 0.3) is 4.51 Å². The third-order valence-corrected chi connectivity index (χ3v) is 4.16. The lowest BCUT2D eigenvalue weighted by molar-refractivity contribution is -0.151. The highest BCUT2D eigenvalue weighted by Gasteiger charge is 2.48. The number of benzene rings is 1. The molecule has 0 aromatic heterocycles. The molecule has 1 aliphatic heterocycles. The summed E-state index contributed by atoms with van der Waals surface area (Å²) in [6.07, 6.45) is 1.48. The highest BCUT2D eigenvalue weighted by molar-refractivity contribution is 9.10. The molecule has 0 aliphatic carbocycles. The zero-order valence-corrected chi connectivity index (χ0v) is 10.5. The second-order valence-electron chi connectivity index (χ2n) is 3.97. The van der Waals surface area contributed by atoms with E-state index in [2.05, 4.69) is 15.9 Å². The highest BCUT2D eigenvalue weighted by atomic mass is 79.9. The maximum absolute atomic E-state index is 11.3. The van der Waals surface area contributed by atoms with Crippen molar-refractivity contribution in [1.29, 1.82) is 0 Å². The fourth-order valence-corrected chi connectivity index (χ4v) is 2.70. The maximum Gasteiger partial charge on any atom is 0.359 e. The van der Waals surface area contributed by atoms with Crippen LogP contribution in [0.1, 0.15) is 18.9 Å². The van der Waals surface area contributed by atoms with Crippen molar-refractivity contribution in [3.05, 3.63) is 29.8 Å². The summed E-state index contributed by atoms with van der Waals surface area (Å²) in [5.41, 5.74) is 1.07. The molecule has 3 nitrogen and oxygen atoms in total. The zero-order chi connectivity index (χ0) is 11.8. The Bertz CT molecular complexity index is 418. The lowest BCUT2D eigenvalue weighted by Crippen LogP contribution is -2.48. The first kappa shape index (κ1) is 11.5. The minimum absolute atomic E-state index is 0.0556. The monoisotopic (exact) mass is 284 g/mol. The van der Waals surface area contributed by atoms with Gasteiger partial charge in [0.15, 0.2) is 0 Å². The number of hydrogen-bond acceptors (Lipinski definition) is 2. The normalized spacial score (nSPS) is 28.0. The molecule has 0 amide bonds. The van der Waals surface area contributed by atoms with Crippen LogP contribution in [0.3, 0.4) is 0 Å². The van der Waals surface area contributed by atoms with Crippen LogP contribution in [0.25, 0.3) is 0 Å². The van der Waals surface area contributed by atoms with Crippen LogP contribution in [-0.4, -0.2) is 15.6 Å². The van der Waals surface area contributed by atoms with Crippen molar-refractivity contribution in [2.45, 2.75) is 24.3 Å². The molecule has 2 rings (SSSR count). The predicted molar refractivity (Wildman–Crippen MR) is 63.8 cm³/mol. The molecule has 1 aromatic rings. The number of rotatable bonds is 2. The van der Waals surface area contributed by atoms with E-state index in [-0.39, 0.29) is 5.92 Å². The second kappa shape index (κ2) is 4.09. The van der Waals surface area contributed by atoms with Gasteiger partial charge in [-0.1, -0.05) is 25.1 Å². The Balaban J connectivity index is 2.42. The smallest absolute Gasteiger partial charge is 0.359 e. The van der Waals surface area contributed by atoms with Gasteiger partial charge in [0.1, 0.15) is 5.75 Å². The topological polar surface area (TPSA) is 46.5 Å². The fourth-order valence-electron chi connectivity index (χ4n) is 2.04. The number of fused-ring (bicyclic) bond motifs is 1. The average molecular weight is 285 g/mol. The molecule has 2 unspecified atom stereocenters. The largest absolute Gasteiger partial charge is 0.478 e. The third-order valence-electron chi connectivity index (χ3n) is 3.01. The number of ether oxygens (including phenoxy) is 1. The van der Waals surface area contributed by atoms with Crippen molar-refractivity contribution in [3.63, 3.8) is 0 Å². The van der Waals surface area contributed by atoms with E-state index < -0.39 is 10.5 Å². The van der Waals surface area contributed by atoms with E-state index in [1.54, 1.807) is 6.07 Å². The van der Waals surface area contributed by atoms with Gasteiger partial charge in [-0.05, 0) is 40.4 Å². The fraction of sp³-hybridized carbons (Fsp3) is 0.417. The molecule has 0 fully saturated rings. The van der Waals surface area contributed by atoms with E-state index in [0.29, 0.717) is 5.75 Å². The Hall–Kier alpha value is -1.03. The van der Waals surface area contributed by atoms with Crippen LogP contribution in [0.5, 0.6) is 5.75 Å². The van der Waals surface area contributed by atoms with E-state index in [9.17, 15) is 9.90 Å². The Morgan fingerprint density at radius 3 is 2.94 bits per heavy atom. The lowest BCUT2D eigenvalue weighted by Gasteiger charge is -2.37. The Morgan fingerprint density at radius 2 is 2.31 bits per heavy atom. The standard InChI is InChI=1S/C12H13BrO3/c1-2-9-7-8-5-3-4-6-10(8)16-12(9,13)11(14)15/h3-6,9H,2,7H2,1H3,(H,14,15). The molecule has 1 aliphatic rings. The molecular formula is C12H13BrO3. The first-order valence-electron chi connectivity index (χ1n) is 5.27. The molecule has 86 valence electrons. The molecule has 2 atom stereocenters. The van der Waals surface area contributed by atoms with Gasteiger partial charge >= 0.3 is 5.97 Å². The van der Waals surface area contributed by atoms with Crippen molar-refractivity contribution in [2.24, 2.45) is 5.92 Å². The summed E-state index contributed by atoms with van der Waals surface area (Å²) in [5, 5.41) is 9.25. The molecule has 0 bridgehead atoms. The van der Waals surface area contributed by atoms with Crippen LogP contribution >= 0.6 is 15.9 Å². The van der Waals surface area contributed by atoms with Crippen LogP contribution in [-0.2, 0) is 11.2 Å². The van der Waals surface area contributed by atoms with E-state index in [0.717, 1.165) is 18.4 Å². The third kappa shape index (κ3) is 1.71. The molecule has 0 spiro atoms. The Morgan fingerprint density at radius 1 is 1.62 bits per heavy atom. The number of para-hydroxylation sites is 1. The maximum atomic E-state index is 11.3. The van der Waals surface area contributed by atoms with Crippen molar-refractivity contribution in [1.82, 2.24) is 0 Å². The SMILES string of the molecule is CCC1Cc2ccccc2OC1(Br)C(=O)O. The van der Waals surface area contributed by atoms with E-state index >= 15 is 0 Å². The van der Waals surface area contributed by atoms with Gasteiger partial charge < -0.3 is 9.84 Å². The number of hydrogen-bond donors (Lipinski definition) is 1. The van der Waals surface area contributed by atoms with Crippen molar-refractivity contribution < 1.29 is 14.6 Å². The summed E-state index contributed by atoms with van der Waals surface area (Å²) in [5.74, 6) is -0.361. The zero-order valence-electron chi connectivity index (χ0n) is 8.94. The van der Waals surface area contributed by atoms with Gasteiger partial charge in [0.2, 0.25) is 0 Å². The minimum Gasteiger partial charge on any atom is -0.478 e. The van der Waals surface area contributed by atoms with Crippen LogP contribution in [0, 0.1) is 5.92 Å². The summed E-state index contributed by atoms with van der Waals surface area (Å²) < 4.78 is 4.32. The molecule has 4 heteroatoms. The van der Waals surface area contributed by atoms with Gasteiger partial charge in [-0.3, -0.25) is 0 Å². The van der Waals surface area contributed by atoms with Crippen molar-refractivity contribution >= 4 is 21.9 Å². The molecular weight excluding hydrogens is 272 g/mol. The Labute approximate surface area is 103 Å². The Kier molecular flexibility index (Phi) is 2.93. The van der Waals surface area contributed by atoms with Crippen molar-refractivity contribution in [3.8, 4) is 5.75 Å². The lowest BCUT2D eigenvalue weighted by atomic mass is 9.88. The van der Waals surface area contributed by atoms with Crippen LogP contribution in [0.4, 0.5) is 0 Å². The number of carboxylic acids is 1. The molecule has 0 saturated heterocycles. The predicted octanol–water partition coefficient (Wildman–Crippen LogP) is 2.82. The van der Waals surface area contributed by atoms with Crippen LogP contribution in [0.2, 0.25) is 0 Å². The van der Waals surface area contributed by atoms with Gasteiger partial charge in [0.05, 0.1) is 0 Å². The summed E-state index contributed by atoms with van der Waals surface area (Å²) in [6, 6.07) is 7.57. The summed E-state index contributed by atoms with van der Waals surface area (Å²) in [4.78, 5) is 11.3.